The zero-order chi connectivity index (χ0) is 18.3. The summed E-state index contributed by atoms with van der Waals surface area (Å²) in [5.74, 6) is 0.297. The van der Waals surface area contributed by atoms with Crippen molar-refractivity contribution in [3.8, 4) is 22.5 Å². The average Bonchev–Trinajstić information content (AvgIpc) is 3.07. The average molecular weight is 380 g/mol. The van der Waals surface area contributed by atoms with Gasteiger partial charge in [0.15, 0.2) is 0 Å². The molecule has 0 radical (unpaired) electrons. The SMILES string of the molecule is Cc1cc(-c2nc3c(s2)[C@H](c2ccccc2)C(C#N)=C(N)O3)ccc1Cl. The monoisotopic (exact) mass is 379 g/mol. The Morgan fingerprint density at radius 2 is 2.00 bits per heavy atom. The lowest BCUT2D eigenvalue weighted by molar-refractivity contribution is 0.383. The number of thiazole rings is 1. The summed E-state index contributed by atoms with van der Waals surface area (Å²) in [4.78, 5) is 5.50. The summed E-state index contributed by atoms with van der Waals surface area (Å²) in [6.07, 6.45) is 0. The maximum absolute atomic E-state index is 9.61. The number of benzene rings is 2. The van der Waals surface area contributed by atoms with E-state index >= 15 is 0 Å². The van der Waals surface area contributed by atoms with Crippen molar-refractivity contribution >= 4 is 22.9 Å². The van der Waals surface area contributed by atoms with Crippen LogP contribution in [0.15, 0.2) is 60.0 Å². The fourth-order valence-corrected chi connectivity index (χ4v) is 4.24. The fourth-order valence-electron chi connectivity index (χ4n) is 2.99. The van der Waals surface area contributed by atoms with Gasteiger partial charge in [-0.25, -0.2) is 4.98 Å². The van der Waals surface area contributed by atoms with E-state index in [0.717, 1.165) is 26.6 Å². The summed E-state index contributed by atoms with van der Waals surface area (Å²) < 4.78 is 5.65. The van der Waals surface area contributed by atoms with Crippen LogP contribution in [-0.2, 0) is 0 Å². The van der Waals surface area contributed by atoms with Gasteiger partial charge in [0.25, 0.3) is 0 Å². The van der Waals surface area contributed by atoms with Gasteiger partial charge in [-0.3, -0.25) is 0 Å². The molecule has 0 bridgehead atoms. The number of aromatic nitrogens is 1. The number of nitriles is 1. The topological polar surface area (TPSA) is 71.9 Å². The van der Waals surface area contributed by atoms with Gasteiger partial charge >= 0.3 is 0 Å². The van der Waals surface area contributed by atoms with Crippen molar-refractivity contribution in [2.75, 3.05) is 0 Å². The first-order chi connectivity index (χ1) is 12.6. The van der Waals surface area contributed by atoms with Crippen LogP contribution in [0.1, 0.15) is 21.9 Å². The molecule has 0 amide bonds. The first-order valence-corrected chi connectivity index (χ1v) is 9.17. The number of rotatable bonds is 2. The summed E-state index contributed by atoms with van der Waals surface area (Å²) in [5, 5.41) is 11.1. The third kappa shape index (κ3) is 2.74. The molecule has 4 rings (SSSR count). The van der Waals surface area contributed by atoms with Crippen molar-refractivity contribution in [2.24, 2.45) is 5.73 Å². The Balaban J connectivity index is 1.86. The molecule has 3 aromatic rings. The van der Waals surface area contributed by atoms with Crippen LogP contribution in [0.25, 0.3) is 10.6 Å². The summed E-state index contributed by atoms with van der Waals surface area (Å²) in [5.41, 5.74) is 9.34. The molecule has 1 aliphatic heterocycles. The molecule has 0 unspecified atom stereocenters. The molecule has 128 valence electrons. The highest BCUT2D eigenvalue weighted by molar-refractivity contribution is 7.15. The minimum absolute atomic E-state index is 0.109. The summed E-state index contributed by atoms with van der Waals surface area (Å²) in [7, 11) is 0. The van der Waals surface area contributed by atoms with Gasteiger partial charge in [-0.1, -0.05) is 48.0 Å². The Morgan fingerprint density at radius 1 is 1.23 bits per heavy atom. The summed E-state index contributed by atoms with van der Waals surface area (Å²) in [6, 6.07) is 17.8. The number of nitrogens with two attached hydrogens (primary N) is 1. The van der Waals surface area contributed by atoms with Gasteiger partial charge in [-0.05, 0) is 30.2 Å². The molecule has 0 aliphatic carbocycles. The van der Waals surface area contributed by atoms with E-state index < -0.39 is 0 Å². The zero-order valence-corrected chi connectivity index (χ0v) is 15.4. The van der Waals surface area contributed by atoms with Crippen molar-refractivity contribution in [3.05, 3.63) is 81.0 Å². The number of aryl methyl sites for hydroxylation is 1. The van der Waals surface area contributed by atoms with E-state index in [1.54, 1.807) is 0 Å². The molecule has 0 fully saturated rings. The van der Waals surface area contributed by atoms with Crippen LogP contribution >= 0.6 is 22.9 Å². The van der Waals surface area contributed by atoms with Crippen LogP contribution in [0.2, 0.25) is 5.02 Å². The van der Waals surface area contributed by atoms with E-state index in [2.05, 4.69) is 11.1 Å². The second-order valence-corrected chi connectivity index (χ2v) is 7.43. The quantitative estimate of drug-likeness (QED) is 0.680. The standard InChI is InChI=1S/C20H14ClN3OS/c1-11-9-13(7-8-15(11)21)20-24-19-17(26-20)16(12-5-3-2-4-6-12)14(10-22)18(23)25-19/h2-9,16H,23H2,1H3/t16-/m1/s1. The molecule has 26 heavy (non-hydrogen) atoms. The van der Waals surface area contributed by atoms with Gasteiger partial charge in [0.1, 0.15) is 16.6 Å². The molecule has 2 heterocycles. The van der Waals surface area contributed by atoms with Crippen molar-refractivity contribution in [1.82, 2.24) is 4.98 Å². The smallest absolute Gasteiger partial charge is 0.236 e. The molecule has 0 spiro atoms. The molecule has 0 saturated heterocycles. The molecular formula is C20H14ClN3OS. The molecule has 0 saturated carbocycles. The highest BCUT2D eigenvalue weighted by Gasteiger charge is 2.34. The Bertz CT molecular complexity index is 1070. The second kappa shape index (κ2) is 6.49. The lowest BCUT2D eigenvalue weighted by atomic mass is 9.89. The van der Waals surface area contributed by atoms with Crippen molar-refractivity contribution in [1.29, 1.82) is 5.26 Å². The minimum Gasteiger partial charge on any atom is -0.421 e. The van der Waals surface area contributed by atoms with Gasteiger partial charge in [0.2, 0.25) is 11.8 Å². The Hall–Kier alpha value is -2.81. The molecule has 2 N–H and O–H groups in total. The van der Waals surface area contributed by atoms with E-state index in [-0.39, 0.29) is 11.8 Å². The normalized spacial score (nSPS) is 16.0. The number of hydrogen-bond acceptors (Lipinski definition) is 5. The van der Waals surface area contributed by atoms with E-state index in [4.69, 9.17) is 22.1 Å². The largest absolute Gasteiger partial charge is 0.421 e. The number of hydrogen-bond donors (Lipinski definition) is 1. The Morgan fingerprint density at radius 3 is 2.69 bits per heavy atom. The lowest BCUT2D eigenvalue weighted by Gasteiger charge is -2.22. The van der Waals surface area contributed by atoms with Crippen molar-refractivity contribution in [3.63, 3.8) is 0 Å². The van der Waals surface area contributed by atoms with Gasteiger partial charge in [-0.2, -0.15) is 5.26 Å². The zero-order valence-electron chi connectivity index (χ0n) is 13.9. The number of allylic oxidation sites excluding steroid dienone is 1. The van der Waals surface area contributed by atoms with E-state index in [9.17, 15) is 5.26 Å². The van der Waals surface area contributed by atoms with E-state index in [1.807, 2.05) is 55.5 Å². The number of halogens is 1. The molecule has 1 atom stereocenters. The lowest BCUT2D eigenvalue weighted by Crippen LogP contribution is -2.20. The third-order valence-corrected chi connectivity index (χ3v) is 5.88. The molecule has 4 nitrogen and oxygen atoms in total. The summed E-state index contributed by atoms with van der Waals surface area (Å²) >= 11 is 7.64. The number of fused-ring (bicyclic) bond motifs is 1. The minimum atomic E-state index is -0.274. The first-order valence-electron chi connectivity index (χ1n) is 7.98. The van der Waals surface area contributed by atoms with Crippen LogP contribution in [0, 0.1) is 18.3 Å². The van der Waals surface area contributed by atoms with Crippen LogP contribution in [0.3, 0.4) is 0 Å². The molecule has 2 aromatic carbocycles. The number of ether oxygens (including phenoxy) is 1. The molecule has 6 heteroatoms. The Labute approximate surface area is 160 Å². The number of nitrogens with zero attached hydrogens (tertiary/aromatic N) is 2. The van der Waals surface area contributed by atoms with Crippen molar-refractivity contribution < 1.29 is 4.74 Å². The van der Waals surface area contributed by atoms with Crippen LogP contribution in [0.5, 0.6) is 5.88 Å². The van der Waals surface area contributed by atoms with Crippen LogP contribution < -0.4 is 10.5 Å². The van der Waals surface area contributed by atoms with Gasteiger partial charge in [0.05, 0.1) is 10.8 Å². The van der Waals surface area contributed by atoms with Gasteiger partial charge in [0, 0.05) is 10.6 Å². The van der Waals surface area contributed by atoms with Gasteiger partial charge < -0.3 is 10.5 Å². The highest BCUT2D eigenvalue weighted by atomic mass is 35.5. The second-order valence-electron chi connectivity index (χ2n) is 5.99. The van der Waals surface area contributed by atoms with E-state index in [1.165, 1.54) is 11.3 Å². The summed E-state index contributed by atoms with van der Waals surface area (Å²) in [6.45, 7) is 1.95. The predicted octanol–water partition coefficient (Wildman–Crippen LogP) is 4.99. The molecular weight excluding hydrogens is 366 g/mol. The van der Waals surface area contributed by atoms with Gasteiger partial charge in [-0.15, -0.1) is 11.3 Å². The highest BCUT2D eigenvalue weighted by Crippen LogP contribution is 2.47. The van der Waals surface area contributed by atoms with Crippen LogP contribution in [0.4, 0.5) is 0 Å². The predicted molar refractivity (Wildman–Crippen MR) is 103 cm³/mol. The van der Waals surface area contributed by atoms with E-state index in [0.29, 0.717) is 16.5 Å². The first kappa shape index (κ1) is 16.6. The van der Waals surface area contributed by atoms with Crippen LogP contribution in [-0.4, -0.2) is 4.98 Å². The Kier molecular flexibility index (Phi) is 4.15. The maximum Gasteiger partial charge on any atom is 0.236 e. The fraction of sp³-hybridized carbons (Fsp3) is 0.100. The molecule has 1 aliphatic rings. The molecule has 1 aromatic heterocycles. The third-order valence-electron chi connectivity index (χ3n) is 4.30. The van der Waals surface area contributed by atoms with Crippen molar-refractivity contribution in [2.45, 2.75) is 12.8 Å². The maximum atomic E-state index is 9.61.